The molecule has 0 aliphatic carbocycles. The summed E-state index contributed by atoms with van der Waals surface area (Å²) in [6.07, 6.45) is 2.62. The maximum atomic E-state index is 13.1. The van der Waals surface area contributed by atoms with E-state index >= 15 is 0 Å². The third-order valence-electron chi connectivity index (χ3n) is 5.07. The van der Waals surface area contributed by atoms with Gasteiger partial charge in [0.1, 0.15) is 17.8 Å². The number of esters is 1. The molecular formula is C24H31N7O5S. The van der Waals surface area contributed by atoms with Crippen LogP contribution < -0.4 is 22.1 Å². The number of benzene rings is 2. The van der Waals surface area contributed by atoms with Crippen molar-refractivity contribution in [1.82, 2.24) is 10.6 Å². The Balaban J connectivity index is 2.14. The van der Waals surface area contributed by atoms with Gasteiger partial charge in [0.15, 0.2) is 5.96 Å². The number of phenols is 1. The van der Waals surface area contributed by atoms with Crippen LogP contribution in [0.2, 0.25) is 0 Å². The highest BCUT2D eigenvalue weighted by Gasteiger charge is 2.27. The van der Waals surface area contributed by atoms with Gasteiger partial charge in [0, 0.05) is 17.9 Å². The first kappa shape index (κ1) is 29.1. The summed E-state index contributed by atoms with van der Waals surface area (Å²) in [5.74, 6) is -1.30. The Kier molecular flexibility index (Phi) is 11.9. The molecule has 0 radical (unpaired) electrons. The zero-order valence-electron chi connectivity index (χ0n) is 20.6. The number of carbonyl (C=O) groups excluding carboxylic acids is 3. The molecule has 0 unspecified atom stereocenters. The van der Waals surface area contributed by atoms with Crippen molar-refractivity contribution in [3.63, 3.8) is 0 Å². The lowest BCUT2D eigenvalue weighted by Gasteiger charge is -2.21. The van der Waals surface area contributed by atoms with Gasteiger partial charge in [-0.15, -0.1) is 16.9 Å². The fourth-order valence-corrected chi connectivity index (χ4v) is 3.58. The molecule has 0 fully saturated rings. The third-order valence-corrected chi connectivity index (χ3v) is 5.81. The number of phenolic OH excluding ortho intramolecular Hbond substituents is 1. The van der Waals surface area contributed by atoms with Gasteiger partial charge in [-0.3, -0.25) is 9.79 Å². The van der Waals surface area contributed by atoms with Gasteiger partial charge in [-0.25, -0.2) is 9.59 Å². The number of guanidine groups is 1. The van der Waals surface area contributed by atoms with Crippen LogP contribution in [-0.4, -0.2) is 61.0 Å². The molecule has 0 spiro atoms. The number of thioether (sulfide) groups is 1. The van der Waals surface area contributed by atoms with Crippen molar-refractivity contribution >= 4 is 41.3 Å². The average molecular weight is 530 g/mol. The van der Waals surface area contributed by atoms with Crippen LogP contribution in [0.4, 0.5) is 10.5 Å². The lowest BCUT2D eigenvalue weighted by Crippen LogP contribution is -2.52. The fourth-order valence-electron chi connectivity index (χ4n) is 3.17. The monoisotopic (exact) mass is 529 g/mol. The second-order valence-electron chi connectivity index (χ2n) is 7.80. The number of aromatic hydroxyl groups is 1. The lowest BCUT2D eigenvalue weighted by molar-refractivity contribution is -0.145. The smallest absolute Gasteiger partial charge is 0.360 e. The Morgan fingerprint density at radius 1 is 1.03 bits per heavy atom. The standard InChI is InChI=1S/C24H31N7O5S/c1-36-22(34)19(4-3-13-27-23(25)26)28-21(33)20(14-15-5-9-17(32)10-6-15)29-24(35)31-30-16-7-11-18(37-2)12-8-16/h5-12,19-20,32H,3-4,13-14H2,1-2H3,(H,28,33)(H,29,35)(H4,25,26,27)/t19-,20-/m0/s1. The van der Waals surface area contributed by atoms with Gasteiger partial charge >= 0.3 is 12.0 Å². The van der Waals surface area contributed by atoms with Crippen molar-refractivity contribution in [3.8, 4) is 5.75 Å². The number of hydrogen-bond donors (Lipinski definition) is 5. The minimum absolute atomic E-state index is 0.0570. The molecule has 0 aliphatic heterocycles. The van der Waals surface area contributed by atoms with E-state index in [0.29, 0.717) is 17.7 Å². The first-order chi connectivity index (χ1) is 17.7. The molecule has 3 amide bonds. The molecule has 7 N–H and O–H groups in total. The number of methoxy groups -OCH3 is 1. The van der Waals surface area contributed by atoms with Crippen LogP contribution in [0.15, 0.2) is 68.6 Å². The van der Waals surface area contributed by atoms with Gasteiger partial charge in [-0.2, -0.15) is 0 Å². The number of azo groups is 1. The highest BCUT2D eigenvalue weighted by molar-refractivity contribution is 7.98. The van der Waals surface area contributed by atoms with E-state index in [9.17, 15) is 19.5 Å². The van der Waals surface area contributed by atoms with E-state index in [-0.39, 0.29) is 31.1 Å². The van der Waals surface area contributed by atoms with Gasteiger partial charge in [0.05, 0.1) is 12.8 Å². The van der Waals surface area contributed by atoms with Crippen LogP contribution in [0.1, 0.15) is 18.4 Å². The van der Waals surface area contributed by atoms with Crippen molar-refractivity contribution in [1.29, 1.82) is 0 Å². The second kappa shape index (κ2) is 15.1. The average Bonchev–Trinajstić information content (AvgIpc) is 2.89. The van der Waals surface area contributed by atoms with Gasteiger partial charge in [-0.05, 0) is 61.1 Å². The molecule has 2 aromatic rings. The van der Waals surface area contributed by atoms with E-state index in [1.54, 1.807) is 36.0 Å². The molecule has 2 aromatic carbocycles. The molecule has 0 aliphatic rings. The minimum Gasteiger partial charge on any atom is -0.508 e. The first-order valence-corrected chi connectivity index (χ1v) is 12.5. The number of hydrogen-bond acceptors (Lipinski definition) is 8. The van der Waals surface area contributed by atoms with Crippen molar-refractivity contribution < 1.29 is 24.2 Å². The summed E-state index contributed by atoms with van der Waals surface area (Å²) < 4.78 is 4.80. The molecular weight excluding hydrogens is 498 g/mol. The molecule has 37 heavy (non-hydrogen) atoms. The molecule has 0 bridgehead atoms. The van der Waals surface area contributed by atoms with Gasteiger partial charge in [0.2, 0.25) is 5.91 Å². The molecule has 13 heteroatoms. The summed E-state index contributed by atoms with van der Waals surface area (Å²) >= 11 is 1.57. The molecule has 0 heterocycles. The number of carbonyl (C=O) groups is 3. The largest absolute Gasteiger partial charge is 0.508 e. The molecule has 2 atom stereocenters. The number of urea groups is 1. The lowest BCUT2D eigenvalue weighted by atomic mass is 10.0. The Morgan fingerprint density at radius 2 is 1.70 bits per heavy atom. The van der Waals surface area contributed by atoms with Crippen molar-refractivity contribution in [2.45, 2.75) is 36.2 Å². The first-order valence-electron chi connectivity index (χ1n) is 11.3. The number of nitrogens with one attached hydrogen (secondary N) is 2. The zero-order valence-corrected chi connectivity index (χ0v) is 21.4. The normalized spacial score (nSPS) is 12.4. The van der Waals surface area contributed by atoms with E-state index in [1.807, 2.05) is 18.4 Å². The second-order valence-corrected chi connectivity index (χ2v) is 8.68. The minimum atomic E-state index is -1.10. The summed E-state index contributed by atoms with van der Waals surface area (Å²) in [5, 5.41) is 22.3. The molecule has 0 aromatic heterocycles. The Morgan fingerprint density at radius 3 is 2.30 bits per heavy atom. The van der Waals surface area contributed by atoms with Crippen LogP contribution in [0, 0.1) is 0 Å². The maximum absolute atomic E-state index is 13.1. The highest BCUT2D eigenvalue weighted by Crippen LogP contribution is 2.19. The molecule has 0 saturated heterocycles. The number of aliphatic imine (C=N–C) groups is 1. The summed E-state index contributed by atoms with van der Waals surface area (Å²) in [6, 6.07) is 10.4. The van der Waals surface area contributed by atoms with Crippen molar-refractivity contribution in [2.24, 2.45) is 26.7 Å². The van der Waals surface area contributed by atoms with E-state index in [0.717, 1.165) is 4.90 Å². The van der Waals surface area contributed by atoms with Crippen LogP contribution >= 0.6 is 11.8 Å². The molecule has 2 rings (SSSR count). The summed E-state index contributed by atoms with van der Waals surface area (Å²) in [5.41, 5.74) is 11.8. The molecule has 12 nitrogen and oxygen atoms in total. The topological polar surface area (TPSA) is 194 Å². The van der Waals surface area contributed by atoms with Gasteiger partial charge in [-0.1, -0.05) is 17.2 Å². The zero-order chi connectivity index (χ0) is 27.2. The summed E-state index contributed by atoms with van der Waals surface area (Å²) in [4.78, 5) is 42.8. The van der Waals surface area contributed by atoms with E-state index in [4.69, 9.17) is 16.2 Å². The number of amides is 3. The van der Waals surface area contributed by atoms with Gasteiger partial charge < -0.3 is 31.9 Å². The van der Waals surface area contributed by atoms with E-state index < -0.39 is 30.0 Å². The maximum Gasteiger partial charge on any atom is 0.360 e. The van der Waals surface area contributed by atoms with Crippen LogP contribution in [0.5, 0.6) is 5.75 Å². The summed E-state index contributed by atoms with van der Waals surface area (Å²) in [6.45, 7) is 0.262. The van der Waals surface area contributed by atoms with Crippen LogP contribution in [0.25, 0.3) is 0 Å². The molecule has 0 saturated carbocycles. The number of rotatable bonds is 12. The Bertz CT molecular complexity index is 1100. The fraction of sp³-hybridized carbons (Fsp3) is 0.333. The number of nitrogens with two attached hydrogens (primary N) is 2. The van der Waals surface area contributed by atoms with Crippen molar-refractivity contribution in [2.75, 3.05) is 19.9 Å². The SMILES string of the molecule is COC(=O)[C@H](CCCN=C(N)N)NC(=O)[C@H](Cc1ccc(O)cc1)NC(=O)N=Nc1ccc(SC)cc1. The third kappa shape index (κ3) is 10.6. The quantitative estimate of drug-likeness (QED) is 0.0689. The van der Waals surface area contributed by atoms with E-state index in [1.165, 1.54) is 19.2 Å². The predicted octanol–water partition coefficient (Wildman–Crippen LogP) is 2.23. The summed E-state index contributed by atoms with van der Waals surface area (Å²) in [7, 11) is 1.21. The predicted molar refractivity (Wildman–Crippen MR) is 141 cm³/mol. The van der Waals surface area contributed by atoms with Crippen molar-refractivity contribution in [3.05, 3.63) is 54.1 Å². The number of ether oxygens (including phenoxy) is 1. The van der Waals surface area contributed by atoms with Gasteiger partial charge in [0.25, 0.3) is 0 Å². The molecule has 198 valence electrons. The highest BCUT2D eigenvalue weighted by atomic mass is 32.2. The Hall–Kier alpha value is -4.13. The van der Waals surface area contributed by atoms with E-state index in [2.05, 4.69) is 25.9 Å². The van der Waals surface area contributed by atoms with Crippen LogP contribution in [-0.2, 0) is 20.7 Å². The van der Waals surface area contributed by atoms with Crippen LogP contribution in [0.3, 0.4) is 0 Å². The number of nitrogens with zero attached hydrogens (tertiary/aromatic N) is 3. The Labute approximate surface area is 219 Å².